The highest BCUT2D eigenvalue weighted by Gasteiger charge is 2.42. The van der Waals surface area contributed by atoms with Crippen LogP contribution in [0.2, 0.25) is 0 Å². The Morgan fingerprint density at radius 1 is 1.15 bits per heavy atom. The van der Waals surface area contributed by atoms with E-state index in [1.807, 2.05) is 42.2 Å². The first-order chi connectivity index (χ1) is 16.1. The number of methoxy groups -OCH3 is 1. The van der Waals surface area contributed by atoms with Crippen molar-refractivity contribution in [2.24, 2.45) is 0 Å². The van der Waals surface area contributed by atoms with Gasteiger partial charge in [-0.15, -0.1) is 0 Å². The Kier molecular flexibility index (Phi) is 7.51. The van der Waals surface area contributed by atoms with Crippen LogP contribution in [0.5, 0.6) is 0 Å². The molecule has 1 aromatic heterocycles. The first-order valence-electron chi connectivity index (χ1n) is 12.2. The van der Waals surface area contributed by atoms with Gasteiger partial charge in [-0.25, -0.2) is 0 Å². The fourth-order valence-corrected chi connectivity index (χ4v) is 5.30. The lowest BCUT2D eigenvalue weighted by molar-refractivity contribution is -0.120. The topological polar surface area (TPSA) is 48.6 Å². The molecule has 176 valence electrons. The number of piperidine rings is 1. The Hall–Kier alpha value is -2.63. The van der Waals surface area contributed by atoms with E-state index < -0.39 is 0 Å². The van der Waals surface area contributed by atoms with Crippen molar-refractivity contribution in [3.8, 4) is 0 Å². The van der Waals surface area contributed by atoms with Gasteiger partial charge in [0, 0.05) is 49.4 Å². The summed E-state index contributed by atoms with van der Waals surface area (Å²) >= 11 is 0. The molecule has 4 rings (SSSR count). The molecule has 1 N–H and O–H groups in total. The summed E-state index contributed by atoms with van der Waals surface area (Å²) in [6.45, 7) is 7.70. The summed E-state index contributed by atoms with van der Waals surface area (Å²) in [4.78, 5) is 21.0. The molecule has 2 aromatic carbocycles. The average molecular weight is 448 g/mol. The summed E-state index contributed by atoms with van der Waals surface area (Å²) in [6.07, 6.45) is 6.72. The number of amides is 1. The van der Waals surface area contributed by atoms with Crippen LogP contribution in [0, 0.1) is 6.92 Å². The summed E-state index contributed by atoms with van der Waals surface area (Å²) in [6, 6.07) is 16.7. The van der Waals surface area contributed by atoms with Crippen molar-refractivity contribution in [2.45, 2.75) is 51.5 Å². The number of nitrogens with one attached hydrogen (secondary N) is 1. The number of carbonyl (C=O) groups excluding carboxylic acids is 1. The number of carbonyl (C=O) groups is 1. The van der Waals surface area contributed by atoms with Gasteiger partial charge in [0.15, 0.2) is 0 Å². The third kappa shape index (κ3) is 5.15. The molecule has 1 aliphatic heterocycles. The second kappa shape index (κ2) is 10.5. The van der Waals surface area contributed by atoms with Gasteiger partial charge in [0.1, 0.15) is 0 Å². The van der Waals surface area contributed by atoms with E-state index in [4.69, 9.17) is 4.74 Å². The normalized spacial score (nSPS) is 16.2. The van der Waals surface area contributed by atoms with Crippen molar-refractivity contribution in [2.75, 3.05) is 38.3 Å². The van der Waals surface area contributed by atoms with Crippen LogP contribution in [0.25, 0.3) is 10.9 Å². The molecule has 0 aliphatic carbocycles. The first kappa shape index (κ1) is 23.5. The molecule has 0 bridgehead atoms. The number of fused-ring (bicyclic) bond motifs is 1. The van der Waals surface area contributed by atoms with E-state index in [1.54, 1.807) is 7.11 Å². The number of likely N-dealkylation sites (tertiary alicyclic amines) is 1. The number of rotatable bonds is 9. The second-order valence-electron chi connectivity index (χ2n) is 9.38. The van der Waals surface area contributed by atoms with Crippen LogP contribution in [0.1, 0.15) is 43.7 Å². The van der Waals surface area contributed by atoms with Gasteiger partial charge in [-0.05, 0) is 69.0 Å². The summed E-state index contributed by atoms with van der Waals surface area (Å²) in [5, 5.41) is 1.35. The molecule has 2 heterocycles. The molecule has 0 spiro atoms. The molecule has 0 radical (unpaired) electrons. The molecule has 5 nitrogen and oxygen atoms in total. The number of benzene rings is 2. The van der Waals surface area contributed by atoms with Gasteiger partial charge in [0.2, 0.25) is 5.91 Å². The number of hydrogen-bond donors (Lipinski definition) is 1. The molecule has 1 fully saturated rings. The molecule has 5 heteroatoms. The van der Waals surface area contributed by atoms with E-state index in [9.17, 15) is 4.79 Å². The van der Waals surface area contributed by atoms with Crippen molar-refractivity contribution >= 4 is 22.5 Å². The van der Waals surface area contributed by atoms with Gasteiger partial charge in [-0.2, -0.15) is 0 Å². The lowest BCUT2D eigenvalue weighted by Crippen LogP contribution is -2.60. The molecular formula is C28H37N3O2. The molecule has 0 unspecified atom stereocenters. The highest BCUT2D eigenvalue weighted by molar-refractivity contribution is 5.94. The quantitative estimate of drug-likeness (QED) is 0.482. The van der Waals surface area contributed by atoms with E-state index in [0.29, 0.717) is 13.0 Å². The largest absolute Gasteiger partial charge is 0.382 e. The molecule has 1 saturated heterocycles. The maximum absolute atomic E-state index is 13.1. The highest BCUT2D eigenvalue weighted by Crippen LogP contribution is 2.34. The van der Waals surface area contributed by atoms with Gasteiger partial charge in [-0.3, -0.25) is 4.79 Å². The summed E-state index contributed by atoms with van der Waals surface area (Å²) in [5.74, 6) is 0.168. The number of nitrogens with zero attached hydrogens (tertiary/aromatic N) is 2. The van der Waals surface area contributed by atoms with Crippen LogP contribution in [0.4, 0.5) is 5.69 Å². The monoisotopic (exact) mass is 447 g/mol. The van der Waals surface area contributed by atoms with Gasteiger partial charge >= 0.3 is 0 Å². The zero-order valence-electron chi connectivity index (χ0n) is 20.3. The molecule has 0 atom stereocenters. The number of anilines is 1. The number of hydrogen-bond acceptors (Lipinski definition) is 3. The predicted molar refractivity (Wildman–Crippen MR) is 136 cm³/mol. The van der Waals surface area contributed by atoms with E-state index in [2.05, 4.69) is 41.2 Å². The van der Waals surface area contributed by atoms with Gasteiger partial charge in [-0.1, -0.05) is 36.8 Å². The van der Waals surface area contributed by atoms with Crippen molar-refractivity contribution in [1.29, 1.82) is 0 Å². The standard InChI is InChI=1S/C28H37N3O2/c1-4-27(32)31(24-10-6-5-7-11-24)28(21-33-3)14-17-30(18-15-28)16-8-9-23-20-29-26-13-12-22(2)19-25(23)26/h5-7,10-13,19-20,29H,4,8-9,14-18,21H2,1-3H3. The third-order valence-electron chi connectivity index (χ3n) is 7.08. The maximum Gasteiger partial charge on any atom is 0.227 e. The van der Waals surface area contributed by atoms with Crippen LogP contribution < -0.4 is 4.90 Å². The minimum absolute atomic E-state index is 0.168. The fourth-order valence-electron chi connectivity index (χ4n) is 5.30. The maximum atomic E-state index is 13.1. The Morgan fingerprint density at radius 3 is 2.61 bits per heavy atom. The number of aryl methyl sites for hydroxylation is 2. The van der Waals surface area contributed by atoms with Crippen LogP contribution in [0.15, 0.2) is 54.7 Å². The zero-order valence-corrected chi connectivity index (χ0v) is 20.3. The van der Waals surface area contributed by atoms with Crippen LogP contribution >= 0.6 is 0 Å². The number of ether oxygens (including phenoxy) is 1. The molecule has 33 heavy (non-hydrogen) atoms. The number of para-hydroxylation sites is 1. The third-order valence-corrected chi connectivity index (χ3v) is 7.08. The average Bonchev–Trinajstić information content (AvgIpc) is 3.23. The molecule has 1 aliphatic rings. The van der Waals surface area contributed by atoms with Gasteiger partial charge < -0.3 is 19.5 Å². The van der Waals surface area contributed by atoms with E-state index >= 15 is 0 Å². The van der Waals surface area contributed by atoms with Crippen molar-refractivity contribution in [3.63, 3.8) is 0 Å². The smallest absolute Gasteiger partial charge is 0.227 e. The lowest BCUT2D eigenvalue weighted by Gasteiger charge is -2.48. The molecule has 3 aromatic rings. The van der Waals surface area contributed by atoms with Gasteiger partial charge in [0.25, 0.3) is 0 Å². The fraction of sp³-hybridized carbons (Fsp3) is 0.464. The molecule has 1 amide bonds. The van der Waals surface area contributed by atoms with Crippen LogP contribution in [0.3, 0.4) is 0 Å². The first-order valence-corrected chi connectivity index (χ1v) is 12.2. The Balaban J connectivity index is 1.40. The van der Waals surface area contributed by atoms with Crippen LogP contribution in [-0.2, 0) is 16.0 Å². The van der Waals surface area contributed by atoms with E-state index in [1.165, 1.54) is 22.0 Å². The van der Waals surface area contributed by atoms with Gasteiger partial charge in [0.05, 0.1) is 12.1 Å². The number of aromatic nitrogens is 1. The van der Waals surface area contributed by atoms with Crippen molar-refractivity contribution < 1.29 is 9.53 Å². The predicted octanol–water partition coefficient (Wildman–Crippen LogP) is 5.33. The van der Waals surface area contributed by atoms with E-state index in [0.717, 1.165) is 51.0 Å². The lowest BCUT2D eigenvalue weighted by atomic mass is 9.85. The van der Waals surface area contributed by atoms with Crippen LogP contribution in [-0.4, -0.2) is 54.7 Å². The summed E-state index contributed by atoms with van der Waals surface area (Å²) < 4.78 is 5.68. The minimum atomic E-state index is -0.284. The summed E-state index contributed by atoms with van der Waals surface area (Å²) in [7, 11) is 1.75. The zero-order chi connectivity index (χ0) is 23.3. The van der Waals surface area contributed by atoms with Crippen molar-refractivity contribution in [1.82, 2.24) is 9.88 Å². The number of H-pyrrole nitrogens is 1. The van der Waals surface area contributed by atoms with E-state index in [-0.39, 0.29) is 11.4 Å². The number of aromatic amines is 1. The van der Waals surface area contributed by atoms with Crippen molar-refractivity contribution in [3.05, 3.63) is 65.9 Å². The SMILES string of the molecule is CCC(=O)N(c1ccccc1)C1(COC)CCN(CCCc2c[nH]c3ccc(C)cc23)CC1. The summed E-state index contributed by atoms with van der Waals surface area (Å²) in [5.41, 5.74) is 4.62. The Morgan fingerprint density at radius 2 is 1.91 bits per heavy atom. The highest BCUT2D eigenvalue weighted by atomic mass is 16.5. The minimum Gasteiger partial charge on any atom is -0.382 e. The molecular weight excluding hydrogens is 410 g/mol. The molecule has 0 saturated carbocycles. The Labute approximate surface area is 197 Å². The second-order valence-corrected chi connectivity index (χ2v) is 9.38. The Bertz CT molecular complexity index is 1050.